The van der Waals surface area contributed by atoms with Gasteiger partial charge in [0.25, 0.3) is 0 Å². The number of anilines is 1. The average Bonchev–Trinajstić information content (AvgIpc) is 2.25. The van der Waals surface area contributed by atoms with Gasteiger partial charge in [0.15, 0.2) is 5.16 Å². The van der Waals surface area contributed by atoms with Crippen molar-refractivity contribution in [3.8, 4) is 6.01 Å². The minimum absolute atomic E-state index is 0.305. The van der Waals surface area contributed by atoms with Gasteiger partial charge in [-0.2, -0.15) is 15.0 Å². The Balaban J connectivity index is 2.81. The first-order chi connectivity index (χ1) is 6.80. The lowest BCUT2D eigenvalue weighted by atomic mass is 10.5. The Morgan fingerprint density at radius 2 is 2.21 bits per heavy atom. The summed E-state index contributed by atoms with van der Waals surface area (Å²) in [7, 11) is 0. The predicted octanol–water partition coefficient (Wildman–Crippen LogP) is 0.668. The van der Waals surface area contributed by atoms with Gasteiger partial charge in [-0.15, -0.1) is 0 Å². The van der Waals surface area contributed by atoms with Crippen LogP contribution >= 0.6 is 11.8 Å². The smallest absolute Gasteiger partial charge is 0.322 e. The molecule has 1 heterocycles. The van der Waals surface area contributed by atoms with Crippen molar-refractivity contribution in [1.29, 1.82) is 0 Å². The number of nitrogen functional groups attached to an aromatic ring is 1. The van der Waals surface area contributed by atoms with Gasteiger partial charge in [0.05, 0.1) is 6.61 Å². The zero-order chi connectivity index (χ0) is 10.4. The van der Waals surface area contributed by atoms with Crippen LogP contribution in [-0.2, 0) is 0 Å². The highest BCUT2D eigenvalue weighted by molar-refractivity contribution is 7.98. The van der Waals surface area contributed by atoms with Crippen LogP contribution in [0.4, 0.5) is 5.95 Å². The molecular weight excluding hydrogens is 202 g/mol. The van der Waals surface area contributed by atoms with Gasteiger partial charge in [0.2, 0.25) is 5.95 Å². The summed E-state index contributed by atoms with van der Waals surface area (Å²) in [5, 5.41) is 0.582. The van der Waals surface area contributed by atoms with E-state index in [1.807, 2.05) is 13.2 Å². The highest BCUT2D eigenvalue weighted by Gasteiger charge is 2.04. The van der Waals surface area contributed by atoms with E-state index in [9.17, 15) is 0 Å². The lowest BCUT2D eigenvalue weighted by molar-refractivity contribution is 0.288. The second kappa shape index (κ2) is 5.61. The van der Waals surface area contributed by atoms with E-state index in [1.54, 1.807) is 0 Å². The molecule has 6 nitrogen and oxygen atoms in total. The van der Waals surface area contributed by atoms with Gasteiger partial charge in [-0.25, -0.2) is 5.84 Å². The minimum Gasteiger partial charge on any atom is -0.463 e. The minimum atomic E-state index is 0.305. The monoisotopic (exact) mass is 215 g/mol. The zero-order valence-electron chi connectivity index (χ0n) is 8.15. The van der Waals surface area contributed by atoms with Crippen molar-refractivity contribution >= 4 is 17.7 Å². The standard InChI is InChI=1S/C7H13N5OS/c1-3-4-13-6-9-5(12-8)10-7(11-6)14-2/h3-4,8H2,1-2H3,(H,9,10,11,12). The lowest BCUT2D eigenvalue weighted by Gasteiger charge is -2.05. The van der Waals surface area contributed by atoms with Crippen LogP contribution in [0.2, 0.25) is 0 Å². The number of thioether (sulfide) groups is 1. The summed E-state index contributed by atoms with van der Waals surface area (Å²) in [5.74, 6) is 5.52. The maximum Gasteiger partial charge on any atom is 0.322 e. The number of hydrazine groups is 1. The maximum absolute atomic E-state index is 5.27. The van der Waals surface area contributed by atoms with Crippen LogP contribution in [-0.4, -0.2) is 27.8 Å². The Hall–Kier alpha value is -1.08. The van der Waals surface area contributed by atoms with E-state index in [0.29, 0.717) is 23.7 Å². The zero-order valence-corrected chi connectivity index (χ0v) is 8.97. The number of nitrogens with zero attached hydrogens (tertiary/aromatic N) is 3. The molecule has 0 fully saturated rings. The molecule has 1 rings (SSSR count). The fourth-order valence-corrected chi connectivity index (χ4v) is 1.10. The van der Waals surface area contributed by atoms with Gasteiger partial charge in [-0.3, -0.25) is 5.43 Å². The van der Waals surface area contributed by atoms with E-state index < -0.39 is 0 Å². The Labute approximate surface area is 86.6 Å². The molecule has 1 aromatic rings. The third-order valence-electron chi connectivity index (χ3n) is 1.34. The van der Waals surface area contributed by atoms with Gasteiger partial charge < -0.3 is 4.74 Å². The maximum atomic E-state index is 5.27. The summed E-state index contributed by atoms with van der Waals surface area (Å²) in [4.78, 5) is 12.0. The largest absolute Gasteiger partial charge is 0.463 e. The van der Waals surface area contributed by atoms with Gasteiger partial charge in [-0.05, 0) is 12.7 Å². The molecule has 0 aliphatic rings. The Morgan fingerprint density at radius 3 is 2.79 bits per heavy atom. The van der Waals surface area contributed by atoms with Gasteiger partial charge in [-0.1, -0.05) is 18.7 Å². The van der Waals surface area contributed by atoms with Crippen molar-refractivity contribution in [2.75, 3.05) is 18.3 Å². The number of nitrogens with one attached hydrogen (secondary N) is 1. The van der Waals surface area contributed by atoms with Crippen LogP contribution in [0.5, 0.6) is 6.01 Å². The first-order valence-electron chi connectivity index (χ1n) is 4.19. The van der Waals surface area contributed by atoms with Crippen LogP contribution in [0.25, 0.3) is 0 Å². The predicted molar refractivity (Wildman–Crippen MR) is 55.2 cm³/mol. The second-order valence-corrected chi connectivity index (χ2v) is 3.19. The summed E-state index contributed by atoms with van der Waals surface area (Å²) in [5.41, 5.74) is 2.36. The molecule has 0 aromatic carbocycles. The molecule has 0 unspecified atom stereocenters. The Bertz CT molecular complexity index is 273. The van der Waals surface area contributed by atoms with E-state index >= 15 is 0 Å². The first-order valence-corrected chi connectivity index (χ1v) is 5.42. The summed E-state index contributed by atoms with van der Waals surface area (Å²) >= 11 is 1.41. The Kier molecular flexibility index (Phi) is 4.41. The van der Waals surface area contributed by atoms with Gasteiger partial charge >= 0.3 is 6.01 Å². The van der Waals surface area contributed by atoms with E-state index in [2.05, 4.69) is 20.4 Å². The van der Waals surface area contributed by atoms with Crippen molar-refractivity contribution in [3.63, 3.8) is 0 Å². The highest BCUT2D eigenvalue weighted by Crippen LogP contribution is 2.14. The number of ether oxygens (including phenoxy) is 1. The molecular formula is C7H13N5OS. The molecule has 0 bridgehead atoms. The lowest BCUT2D eigenvalue weighted by Crippen LogP contribution is -2.12. The fraction of sp³-hybridized carbons (Fsp3) is 0.571. The molecule has 1 aromatic heterocycles. The SMILES string of the molecule is CCCOc1nc(NN)nc(SC)n1. The first kappa shape index (κ1) is 11.0. The summed E-state index contributed by atoms with van der Waals surface area (Å²) < 4.78 is 5.27. The molecule has 14 heavy (non-hydrogen) atoms. The molecule has 7 heteroatoms. The quantitative estimate of drug-likeness (QED) is 0.424. The van der Waals surface area contributed by atoms with E-state index in [0.717, 1.165) is 6.42 Å². The highest BCUT2D eigenvalue weighted by atomic mass is 32.2. The van der Waals surface area contributed by atoms with Crippen LogP contribution in [0, 0.1) is 0 Å². The normalized spacial score (nSPS) is 9.93. The number of hydrogen-bond donors (Lipinski definition) is 2. The van der Waals surface area contributed by atoms with Gasteiger partial charge in [0, 0.05) is 0 Å². The van der Waals surface area contributed by atoms with Crippen LogP contribution in [0.3, 0.4) is 0 Å². The van der Waals surface area contributed by atoms with Crippen LogP contribution in [0.1, 0.15) is 13.3 Å². The number of aromatic nitrogens is 3. The van der Waals surface area contributed by atoms with Gasteiger partial charge in [0.1, 0.15) is 0 Å². The molecule has 0 saturated carbocycles. The number of hydrogen-bond acceptors (Lipinski definition) is 7. The van der Waals surface area contributed by atoms with Crippen LogP contribution < -0.4 is 16.0 Å². The van der Waals surface area contributed by atoms with E-state index in [1.165, 1.54) is 11.8 Å². The number of nitrogens with two attached hydrogens (primary N) is 1. The molecule has 0 aliphatic heterocycles. The van der Waals surface area contributed by atoms with E-state index in [-0.39, 0.29) is 0 Å². The molecule has 78 valence electrons. The topological polar surface area (TPSA) is 86.0 Å². The van der Waals surface area contributed by atoms with Crippen molar-refractivity contribution in [2.45, 2.75) is 18.5 Å². The molecule has 0 amide bonds. The second-order valence-electron chi connectivity index (χ2n) is 2.42. The third-order valence-corrected chi connectivity index (χ3v) is 1.89. The molecule has 0 saturated heterocycles. The van der Waals surface area contributed by atoms with Crippen molar-refractivity contribution in [2.24, 2.45) is 5.84 Å². The molecule has 0 atom stereocenters. The van der Waals surface area contributed by atoms with Crippen molar-refractivity contribution < 1.29 is 4.74 Å². The third kappa shape index (κ3) is 3.00. The summed E-state index contributed by atoms with van der Waals surface area (Å²) in [6.07, 6.45) is 2.78. The van der Waals surface area contributed by atoms with E-state index in [4.69, 9.17) is 10.6 Å². The molecule has 3 N–H and O–H groups in total. The summed E-state index contributed by atoms with van der Waals surface area (Å²) in [6, 6.07) is 0.305. The van der Waals surface area contributed by atoms with Crippen molar-refractivity contribution in [3.05, 3.63) is 0 Å². The number of rotatable bonds is 5. The molecule has 0 spiro atoms. The average molecular weight is 215 g/mol. The summed E-state index contributed by atoms with van der Waals surface area (Å²) in [6.45, 7) is 2.60. The molecule has 0 radical (unpaired) electrons. The molecule has 0 aliphatic carbocycles. The van der Waals surface area contributed by atoms with Crippen LogP contribution in [0.15, 0.2) is 5.16 Å². The fourth-order valence-electron chi connectivity index (χ4n) is 0.752. The Morgan fingerprint density at radius 1 is 1.43 bits per heavy atom. The van der Waals surface area contributed by atoms with Crippen molar-refractivity contribution in [1.82, 2.24) is 15.0 Å².